The molecule has 1 aromatic heterocycles. The van der Waals surface area contributed by atoms with Crippen molar-refractivity contribution in [3.8, 4) is 5.69 Å². The number of aryl methyl sites for hydroxylation is 2. The topological polar surface area (TPSA) is 244 Å². The number of methoxy groups -OCH3 is 1. The molecule has 0 aliphatic heterocycles. The molecule has 0 saturated heterocycles. The van der Waals surface area contributed by atoms with Crippen LogP contribution in [0.25, 0.3) is 5.69 Å². The van der Waals surface area contributed by atoms with Gasteiger partial charge in [-0.2, -0.15) is 18.3 Å². The number of hydrogen-bond acceptors (Lipinski definition) is 10. The molecule has 2 aromatic carbocycles. The third-order valence-corrected chi connectivity index (χ3v) is 9.05. The number of ether oxygens (including phenoxy) is 1. The number of halogens is 8. The van der Waals surface area contributed by atoms with Crippen molar-refractivity contribution >= 4 is 101 Å². The number of alkyl halides is 6. The van der Waals surface area contributed by atoms with Crippen molar-refractivity contribution < 1.29 is 56.7 Å². The van der Waals surface area contributed by atoms with E-state index in [0.717, 1.165) is 40.5 Å². The number of carboxylic acids is 1. The van der Waals surface area contributed by atoms with Crippen LogP contribution in [0.1, 0.15) is 30.5 Å². The number of benzene rings is 2. The maximum Gasteiger partial charge on any atom is 0.416 e. The van der Waals surface area contributed by atoms with Crippen LogP contribution in [0, 0.1) is 10.1 Å². The monoisotopic (exact) mass is 985 g/mol. The highest BCUT2D eigenvalue weighted by atomic mass is 35.5. The molecule has 0 radical (unpaired) electrons. The molecule has 0 bridgehead atoms. The van der Waals surface area contributed by atoms with Gasteiger partial charge in [-0.05, 0) is 36.1 Å². The van der Waals surface area contributed by atoms with Crippen LogP contribution in [0.15, 0.2) is 61.8 Å². The van der Waals surface area contributed by atoms with Crippen molar-refractivity contribution in [3.05, 3.63) is 98.7 Å². The molecule has 0 fully saturated rings. The van der Waals surface area contributed by atoms with Gasteiger partial charge >= 0.3 is 25.4 Å². The fourth-order valence-electron chi connectivity index (χ4n) is 4.64. The number of nitrogens with zero attached hydrogens (tertiary/aromatic N) is 5. The molecule has 0 aliphatic rings. The summed E-state index contributed by atoms with van der Waals surface area (Å²) in [5, 5.41) is 23.6. The zero-order valence-corrected chi connectivity index (χ0v) is 37.4. The number of nitrogens with one attached hydrogen (secondary N) is 1. The Morgan fingerprint density at radius 1 is 1.10 bits per heavy atom. The van der Waals surface area contributed by atoms with Crippen molar-refractivity contribution in [2.75, 3.05) is 56.3 Å². The molecular weight excluding hydrogens is 944 g/mol. The van der Waals surface area contributed by atoms with Gasteiger partial charge in [0, 0.05) is 20.2 Å². The van der Waals surface area contributed by atoms with E-state index in [1.807, 2.05) is 18.2 Å². The summed E-state index contributed by atoms with van der Waals surface area (Å²) in [5.41, 5.74) is 7.02. The maximum absolute atomic E-state index is 12.6. The van der Waals surface area contributed by atoms with Crippen molar-refractivity contribution in [2.24, 2.45) is 0 Å². The molecule has 0 saturated carbocycles. The van der Waals surface area contributed by atoms with Gasteiger partial charge in [-0.3, -0.25) is 39.3 Å². The molecule has 3 aromatic rings. The van der Waals surface area contributed by atoms with Crippen LogP contribution in [-0.2, 0) is 42.7 Å². The van der Waals surface area contributed by atoms with E-state index in [0.29, 0.717) is 25.2 Å². The van der Waals surface area contributed by atoms with Gasteiger partial charge in [-0.25, -0.2) is 4.68 Å². The van der Waals surface area contributed by atoms with Crippen LogP contribution < -0.4 is 16.0 Å². The summed E-state index contributed by atoms with van der Waals surface area (Å²) in [5.74, 6) is -2.03. The predicted molar refractivity (Wildman–Crippen MR) is 230 cm³/mol. The zero-order valence-electron chi connectivity index (χ0n) is 32.8. The second kappa shape index (κ2) is 27.9. The second-order valence-electron chi connectivity index (χ2n) is 11.6. The molecule has 0 atom stereocenters. The second-order valence-corrected chi connectivity index (χ2v) is 15.5. The quantitative estimate of drug-likeness (QED) is 0.0221. The van der Waals surface area contributed by atoms with E-state index in [9.17, 15) is 42.2 Å². The first-order valence-corrected chi connectivity index (χ1v) is 21.1. The lowest BCUT2D eigenvalue weighted by Crippen LogP contribution is -2.35. The third kappa shape index (κ3) is 19.8. The van der Waals surface area contributed by atoms with Crippen LogP contribution in [0.4, 0.5) is 30.4 Å². The minimum atomic E-state index is -4.63. The van der Waals surface area contributed by atoms with Crippen LogP contribution in [0.3, 0.4) is 0 Å². The fourth-order valence-corrected chi connectivity index (χ4v) is 6.11. The Bertz CT molecular complexity index is 1950. The number of nitro groups is 1. The van der Waals surface area contributed by atoms with E-state index in [-0.39, 0.29) is 40.2 Å². The average Bonchev–Trinajstić information content (AvgIpc) is 3.56. The number of carboxylic acid groups (broad SMARTS) is 1. The summed E-state index contributed by atoms with van der Waals surface area (Å²) in [7, 11) is -2.52. The molecule has 2 amide bonds. The maximum atomic E-state index is 12.6. The van der Waals surface area contributed by atoms with Crippen molar-refractivity contribution in [3.63, 3.8) is 0 Å². The lowest BCUT2D eigenvalue weighted by molar-refractivity contribution is -0.383. The van der Waals surface area contributed by atoms with Gasteiger partial charge in [-0.1, -0.05) is 90.6 Å². The largest absolute Gasteiger partial charge is 0.480 e. The smallest absolute Gasteiger partial charge is 0.416 e. The number of para-hydroxylation sites is 1. The minimum Gasteiger partial charge on any atom is -0.480 e. The van der Waals surface area contributed by atoms with Crippen LogP contribution in [-0.4, -0.2) is 103 Å². The Labute approximate surface area is 374 Å². The molecule has 17 nitrogen and oxygen atoms in total. The lowest BCUT2D eigenvalue weighted by Gasteiger charge is -2.26. The standard InChI is InChI=1S/C14H20ClNO2.C10H5Cl2F3N4O2.C8H11Cl2NO.C3H8NO5P/c1-4-11-7-6-8-12(5-2)14(11)16(10-18-3)13(17)9-15;11-5-1-4(10(13,14)15)2-6(12)8(5)18-9(16)7(3-17-18)19(20)21;1-3-5-11(6-4-2)8(12)7(9)10;5-3(6)1-4-2-10(7,8)9/h6-8H,4-5,9-10H2,1-3H3;1-3H,16H2;3-4,7H,1-2,5-6H2;4H,1-2H2,(H,5,6)(H2,7,8,9). The van der Waals surface area contributed by atoms with Gasteiger partial charge in [0.1, 0.15) is 24.5 Å². The van der Waals surface area contributed by atoms with Gasteiger partial charge in [0.05, 0.1) is 39.1 Å². The molecule has 340 valence electrons. The number of anilines is 2. The molecular formula is C35H44Cl5F3N7O10P. The molecule has 61 heavy (non-hydrogen) atoms. The molecule has 0 aliphatic carbocycles. The van der Waals surface area contributed by atoms with E-state index in [2.05, 4.69) is 37.4 Å². The number of rotatable bonds is 17. The Morgan fingerprint density at radius 3 is 1.95 bits per heavy atom. The van der Waals surface area contributed by atoms with Crippen molar-refractivity contribution in [1.82, 2.24) is 20.0 Å². The summed E-state index contributed by atoms with van der Waals surface area (Å²) in [6, 6.07) is 7.38. The predicted octanol–water partition coefficient (Wildman–Crippen LogP) is 7.46. The number of nitrogen functional groups attached to an aromatic ring is 1. The van der Waals surface area contributed by atoms with E-state index in [1.165, 1.54) is 4.90 Å². The van der Waals surface area contributed by atoms with Gasteiger partial charge in [0.15, 0.2) is 4.84 Å². The Hall–Kier alpha value is -3.95. The normalized spacial score (nSPS) is 10.9. The first kappa shape index (κ1) is 57.1. The van der Waals surface area contributed by atoms with Gasteiger partial charge in [-0.15, -0.1) is 24.8 Å². The highest BCUT2D eigenvalue weighted by molar-refractivity contribution is 7.51. The van der Waals surface area contributed by atoms with Gasteiger partial charge < -0.3 is 30.3 Å². The summed E-state index contributed by atoms with van der Waals surface area (Å²) in [4.78, 5) is 61.3. The van der Waals surface area contributed by atoms with E-state index >= 15 is 0 Å². The fraction of sp³-hybridized carbons (Fsp3) is 0.371. The summed E-state index contributed by atoms with van der Waals surface area (Å²) < 4.78 is 53.8. The van der Waals surface area contributed by atoms with E-state index < -0.39 is 59.4 Å². The van der Waals surface area contributed by atoms with Crippen molar-refractivity contribution in [2.45, 2.75) is 37.7 Å². The Morgan fingerprint density at radius 2 is 1.61 bits per heavy atom. The van der Waals surface area contributed by atoms with Gasteiger partial charge in [0.25, 0.3) is 5.91 Å². The number of amides is 2. The molecule has 3 rings (SSSR count). The highest BCUT2D eigenvalue weighted by Crippen LogP contribution is 2.39. The van der Waals surface area contributed by atoms with E-state index in [4.69, 9.17) is 83.4 Å². The highest BCUT2D eigenvalue weighted by Gasteiger charge is 2.33. The van der Waals surface area contributed by atoms with Crippen LogP contribution >= 0.6 is 65.6 Å². The first-order chi connectivity index (χ1) is 28.4. The minimum absolute atomic E-state index is 0.0371. The van der Waals surface area contributed by atoms with Crippen LogP contribution in [0.2, 0.25) is 10.0 Å². The molecule has 26 heteroatoms. The number of nitrogens with two attached hydrogens (primary N) is 1. The number of carbonyl (C=O) groups excluding carboxylic acids is 2. The van der Waals surface area contributed by atoms with Gasteiger partial charge in [0.2, 0.25) is 11.7 Å². The first-order valence-electron chi connectivity index (χ1n) is 17.1. The summed E-state index contributed by atoms with van der Waals surface area (Å²) >= 11 is 28.0. The number of aromatic nitrogens is 2. The Kier molecular flexibility index (Phi) is 26.1. The zero-order chi connectivity index (χ0) is 47.2. The lowest BCUT2D eigenvalue weighted by atomic mass is 10.0. The SMILES string of the molecule is C=CCN(CC=C)C(=O)C(Cl)Cl.CCc1cccc(CC)c1N(COC)C(=O)CCl.Nc1c([N+](=O)[O-])cnn1-c1c(Cl)cc(C(F)(F)F)cc1Cl.O=C(O)CNCP(=O)(O)O. The third-order valence-electron chi connectivity index (χ3n) is 7.24. The van der Waals surface area contributed by atoms with Crippen LogP contribution in [0.5, 0.6) is 0 Å². The molecule has 1 heterocycles. The summed E-state index contributed by atoms with van der Waals surface area (Å²) in [6.45, 7) is 11.8. The Balaban J connectivity index is 0.000000822. The van der Waals surface area contributed by atoms with E-state index in [1.54, 1.807) is 24.2 Å². The molecule has 6 N–H and O–H groups in total. The number of hydrogen-bond donors (Lipinski definition) is 5. The van der Waals surface area contributed by atoms with Crippen molar-refractivity contribution in [1.29, 1.82) is 0 Å². The number of carbonyl (C=O) groups is 3. The number of aliphatic carboxylic acids is 1. The molecule has 0 unspecified atom stereocenters. The molecule has 0 spiro atoms. The summed E-state index contributed by atoms with van der Waals surface area (Å²) in [6.07, 6.45) is 0.583. The average molecular weight is 988 g/mol.